The van der Waals surface area contributed by atoms with Crippen LogP contribution in [0.3, 0.4) is 0 Å². The fourth-order valence-electron chi connectivity index (χ4n) is 2.34. The first-order valence-corrected chi connectivity index (χ1v) is 7.65. The fraction of sp³-hybridized carbons (Fsp3) is 0.562. The molecule has 22 heavy (non-hydrogen) atoms. The van der Waals surface area contributed by atoms with E-state index in [1.165, 1.54) is 0 Å². The molecule has 2 atom stereocenters. The van der Waals surface area contributed by atoms with Crippen molar-refractivity contribution in [2.24, 2.45) is 5.73 Å². The van der Waals surface area contributed by atoms with E-state index >= 15 is 0 Å². The average Bonchev–Trinajstić information content (AvgIpc) is 2.40. The predicted octanol–water partition coefficient (Wildman–Crippen LogP) is 3.00. The number of amides is 1. The molecular weight excluding hydrogens is 321 g/mol. The van der Waals surface area contributed by atoms with Crippen molar-refractivity contribution in [3.8, 4) is 0 Å². The van der Waals surface area contributed by atoms with Gasteiger partial charge in [-0.05, 0) is 39.1 Å². The molecule has 1 aromatic carbocycles. The molecule has 0 spiro atoms. The molecule has 4 nitrogen and oxygen atoms in total. The third-order valence-electron chi connectivity index (χ3n) is 3.63. The summed E-state index contributed by atoms with van der Waals surface area (Å²) >= 11 is 6.25. The highest BCUT2D eigenvalue weighted by molar-refractivity contribution is 6.31. The van der Waals surface area contributed by atoms with Gasteiger partial charge >= 0.3 is 0 Å². The maximum absolute atomic E-state index is 12.2. The number of carbonyl (C=O) groups excluding carboxylic acids is 1. The van der Waals surface area contributed by atoms with Gasteiger partial charge in [0.25, 0.3) is 0 Å². The molecule has 0 bridgehead atoms. The molecule has 1 amide bonds. The summed E-state index contributed by atoms with van der Waals surface area (Å²) in [5, 5.41) is 3.65. The first-order valence-electron chi connectivity index (χ1n) is 7.27. The van der Waals surface area contributed by atoms with E-state index in [9.17, 15) is 4.79 Å². The number of carbonyl (C=O) groups is 1. The van der Waals surface area contributed by atoms with Gasteiger partial charge in [0.2, 0.25) is 5.91 Å². The van der Waals surface area contributed by atoms with Crippen molar-refractivity contribution in [2.75, 3.05) is 20.6 Å². The molecule has 1 aromatic rings. The van der Waals surface area contributed by atoms with Gasteiger partial charge in [-0.3, -0.25) is 4.79 Å². The Bertz CT molecular complexity index is 478. The van der Waals surface area contributed by atoms with Crippen LogP contribution in [-0.4, -0.2) is 37.0 Å². The van der Waals surface area contributed by atoms with E-state index in [0.29, 0.717) is 18.0 Å². The van der Waals surface area contributed by atoms with Gasteiger partial charge in [0.05, 0.1) is 11.6 Å². The quantitative estimate of drug-likeness (QED) is 0.796. The molecule has 0 aliphatic heterocycles. The monoisotopic (exact) mass is 347 g/mol. The molecular formula is C16H27Cl2N3O. The van der Waals surface area contributed by atoms with Crippen LogP contribution in [0.15, 0.2) is 24.3 Å². The molecule has 0 fully saturated rings. The van der Waals surface area contributed by atoms with Crippen molar-refractivity contribution in [1.82, 2.24) is 10.2 Å². The number of hydrogen-bond acceptors (Lipinski definition) is 3. The Balaban J connectivity index is 0.00000441. The maximum atomic E-state index is 12.2. The van der Waals surface area contributed by atoms with E-state index in [2.05, 4.69) is 5.32 Å². The van der Waals surface area contributed by atoms with Crippen LogP contribution in [0.25, 0.3) is 0 Å². The van der Waals surface area contributed by atoms with Crippen LogP contribution in [0.2, 0.25) is 5.02 Å². The third-order valence-corrected chi connectivity index (χ3v) is 3.98. The third kappa shape index (κ3) is 5.76. The molecule has 0 saturated carbocycles. The largest absolute Gasteiger partial charge is 0.353 e. The highest BCUT2D eigenvalue weighted by Gasteiger charge is 2.28. The van der Waals surface area contributed by atoms with E-state index in [-0.39, 0.29) is 24.4 Å². The zero-order valence-electron chi connectivity index (χ0n) is 13.7. The number of hydrogen-bond donors (Lipinski definition) is 2. The van der Waals surface area contributed by atoms with Crippen LogP contribution in [0, 0.1) is 0 Å². The molecule has 0 aromatic heterocycles. The summed E-state index contributed by atoms with van der Waals surface area (Å²) < 4.78 is 0. The van der Waals surface area contributed by atoms with Gasteiger partial charge < -0.3 is 16.0 Å². The SMILES string of the molecule is CCCC(C)(N)C(=O)NCC(c1ccccc1Cl)N(C)C.Cl. The second-order valence-electron chi connectivity index (χ2n) is 5.88. The topological polar surface area (TPSA) is 58.4 Å². The lowest BCUT2D eigenvalue weighted by atomic mass is 9.96. The predicted molar refractivity (Wildman–Crippen MR) is 95.6 cm³/mol. The first-order chi connectivity index (χ1) is 9.79. The van der Waals surface area contributed by atoms with E-state index < -0.39 is 5.54 Å². The van der Waals surface area contributed by atoms with Gasteiger partial charge in [-0.1, -0.05) is 43.1 Å². The zero-order valence-corrected chi connectivity index (χ0v) is 15.3. The molecule has 1 rings (SSSR count). The second-order valence-corrected chi connectivity index (χ2v) is 6.29. The lowest BCUT2D eigenvalue weighted by Crippen LogP contribution is -2.52. The lowest BCUT2D eigenvalue weighted by Gasteiger charge is -2.29. The summed E-state index contributed by atoms with van der Waals surface area (Å²) in [7, 11) is 3.93. The highest BCUT2D eigenvalue weighted by Crippen LogP contribution is 2.25. The van der Waals surface area contributed by atoms with Crippen molar-refractivity contribution in [2.45, 2.75) is 38.3 Å². The van der Waals surface area contributed by atoms with Crippen LogP contribution in [0.4, 0.5) is 0 Å². The van der Waals surface area contributed by atoms with Gasteiger partial charge in [0.1, 0.15) is 0 Å². The molecule has 0 radical (unpaired) electrons. The Kier molecular flexibility index (Phi) is 9.01. The smallest absolute Gasteiger partial charge is 0.239 e. The van der Waals surface area contributed by atoms with Crippen molar-refractivity contribution in [1.29, 1.82) is 0 Å². The van der Waals surface area contributed by atoms with Gasteiger partial charge in [0.15, 0.2) is 0 Å². The van der Waals surface area contributed by atoms with Gasteiger partial charge in [-0.25, -0.2) is 0 Å². The lowest BCUT2D eigenvalue weighted by molar-refractivity contribution is -0.126. The van der Waals surface area contributed by atoms with Crippen molar-refractivity contribution < 1.29 is 4.79 Å². The summed E-state index contributed by atoms with van der Waals surface area (Å²) in [6, 6.07) is 7.70. The number of nitrogens with zero attached hydrogens (tertiary/aromatic N) is 1. The van der Waals surface area contributed by atoms with Crippen molar-refractivity contribution in [3.05, 3.63) is 34.9 Å². The number of nitrogens with one attached hydrogen (secondary N) is 1. The Labute approximate surface area is 144 Å². The Hall–Kier alpha value is -0.810. The molecule has 6 heteroatoms. The average molecular weight is 348 g/mol. The molecule has 126 valence electrons. The van der Waals surface area contributed by atoms with Gasteiger partial charge in [-0.2, -0.15) is 0 Å². The van der Waals surface area contributed by atoms with E-state index in [4.69, 9.17) is 17.3 Å². The van der Waals surface area contributed by atoms with E-state index in [1.54, 1.807) is 6.92 Å². The minimum absolute atomic E-state index is 0. The van der Waals surface area contributed by atoms with Crippen LogP contribution in [0.5, 0.6) is 0 Å². The van der Waals surface area contributed by atoms with Gasteiger partial charge in [0, 0.05) is 11.6 Å². The zero-order chi connectivity index (χ0) is 16.0. The van der Waals surface area contributed by atoms with Gasteiger partial charge in [-0.15, -0.1) is 12.4 Å². The van der Waals surface area contributed by atoms with Crippen LogP contribution < -0.4 is 11.1 Å². The Morgan fingerprint density at radius 1 is 1.41 bits per heavy atom. The molecule has 3 N–H and O–H groups in total. The van der Waals surface area contributed by atoms with Crippen molar-refractivity contribution in [3.63, 3.8) is 0 Å². The summed E-state index contributed by atoms with van der Waals surface area (Å²) in [5.41, 5.74) is 6.22. The number of nitrogens with two attached hydrogens (primary N) is 1. The second kappa shape index (κ2) is 9.36. The van der Waals surface area contributed by atoms with Crippen LogP contribution in [-0.2, 0) is 4.79 Å². The van der Waals surface area contributed by atoms with Crippen LogP contribution >= 0.6 is 24.0 Å². The van der Waals surface area contributed by atoms with E-state index in [0.717, 1.165) is 12.0 Å². The first kappa shape index (κ1) is 21.2. The number of likely N-dealkylation sites (N-methyl/N-ethyl adjacent to an activating group) is 1. The molecule has 0 aliphatic carbocycles. The number of benzene rings is 1. The number of halogens is 2. The normalized spacial score (nSPS) is 14.9. The summed E-state index contributed by atoms with van der Waals surface area (Å²) in [6.07, 6.45) is 1.54. The van der Waals surface area contributed by atoms with Crippen molar-refractivity contribution >= 4 is 29.9 Å². The molecule has 0 heterocycles. The maximum Gasteiger partial charge on any atom is 0.239 e. The minimum atomic E-state index is -0.827. The Morgan fingerprint density at radius 3 is 2.50 bits per heavy atom. The molecule has 2 unspecified atom stereocenters. The minimum Gasteiger partial charge on any atom is -0.353 e. The number of rotatable bonds is 7. The standard InChI is InChI=1S/C16H26ClN3O.ClH/c1-5-10-16(2,18)15(21)19-11-14(20(3)4)12-8-6-7-9-13(12)17;/h6-9,14H,5,10-11,18H2,1-4H3,(H,19,21);1H. The molecule has 0 aliphatic rings. The summed E-state index contributed by atoms with van der Waals surface area (Å²) in [5.74, 6) is -0.122. The van der Waals surface area contributed by atoms with Crippen LogP contribution in [0.1, 0.15) is 38.3 Å². The molecule has 0 saturated heterocycles. The van der Waals surface area contributed by atoms with E-state index in [1.807, 2.05) is 50.2 Å². The highest BCUT2D eigenvalue weighted by atomic mass is 35.5. The Morgan fingerprint density at radius 2 is 2.00 bits per heavy atom. The summed E-state index contributed by atoms with van der Waals surface area (Å²) in [6.45, 7) is 4.27. The summed E-state index contributed by atoms with van der Waals surface area (Å²) in [4.78, 5) is 14.2. The fourth-order valence-corrected chi connectivity index (χ4v) is 2.60.